The molecule has 0 bridgehead atoms. The first-order valence-corrected chi connectivity index (χ1v) is 6.30. The zero-order valence-corrected chi connectivity index (χ0v) is 10.2. The molecule has 0 aliphatic heterocycles. The normalized spacial score (nSPS) is 14.1. The second kappa shape index (κ2) is 5.27. The SMILES string of the molecule is CCOP(=O)(O)c1ccc(OC)c([N+](=O)[O-])c1. The van der Waals surface area contributed by atoms with Gasteiger partial charge in [0.1, 0.15) is 0 Å². The molecule has 0 fully saturated rings. The van der Waals surface area contributed by atoms with Gasteiger partial charge in [-0.3, -0.25) is 14.7 Å². The zero-order chi connectivity index (χ0) is 13.1. The quantitative estimate of drug-likeness (QED) is 0.489. The fourth-order valence-corrected chi connectivity index (χ4v) is 2.29. The van der Waals surface area contributed by atoms with Crippen molar-refractivity contribution in [3.05, 3.63) is 28.3 Å². The van der Waals surface area contributed by atoms with E-state index >= 15 is 0 Å². The predicted molar refractivity (Wildman–Crippen MR) is 60.7 cm³/mol. The van der Waals surface area contributed by atoms with E-state index in [2.05, 4.69) is 4.52 Å². The monoisotopic (exact) mass is 261 g/mol. The van der Waals surface area contributed by atoms with Crippen molar-refractivity contribution in [3.63, 3.8) is 0 Å². The van der Waals surface area contributed by atoms with Gasteiger partial charge in [0.25, 0.3) is 0 Å². The number of hydrogen-bond acceptors (Lipinski definition) is 5. The molecule has 7 nitrogen and oxygen atoms in total. The van der Waals surface area contributed by atoms with E-state index in [9.17, 15) is 19.6 Å². The molecule has 0 aromatic heterocycles. The largest absolute Gasteiger partial charge is 0.490 e. The minimum Gasteiger partial charge on any atom is -0.490 e. The maximum absolute atomic E-state index is 11.7. The molecule has 0 radical (unpaired) electrons. The highest BCUT2D eigenvalue weighted by molar-refractivity contribution is 7.61. The molecule has 0 heterocycles. The maximum Gasteiger partial charge on any atom is 0.359 e. The van der Waals surface area contributed by atoms with Gasteiger partial charge in [0.15, 0.2) is 5.75 Å². The molecule has 0 aliphatic carbocycles. The molecule has 94 valence electrons. The first-order chi connectivity index (χ1) is 7.92. The Morgan fingerprint density at radius 3 is 2.65 bits per heavy atom. The summed E-state index contributed by atoms with van der Waals surface area (Å²) in [5.41, 5.74) is -0.376. The summed E-state index contributed by atoms with van der Waals surface area (Å²) in [6.45, 7) is 1.59. The molecule has 1 aromatic carbocycles. The molecule has 0 aliphatic rings. The number of nitro groups is 1. The number of hydrogen-bond donors (Lipinski definition) is 1. The van der Waals surface area contributed by atoms with Gasteiger partial charge >= 0.3 is 13.3 Å². The Morgan fingerprint density at radius 2 is 2.18 bits per heavy atom. The van der Waals surface area contributed by atoms with Crippen molar-refractivity contribution in [3.8, 4) is 5.75 Å². The van der Waals surface area contributed by atoms with Gasteiger partial charge in [0, 0.05) is 6.07 Å². The fraction of sp³-hybridized carbons (Fsp3) is 0.333. The van der Waals surface area contributed by atoms with Gasteiger partial charge in [0.05, 0.1) is 23.9 Å². The van der Waals surface area contributed by atoms with E-state index in [1.165, 1.54) is 19.2 Å². The molecule has 17 heavy (non-hydrogen) atoms. The van der Waals surface area contributed by atoms with E-state index in [1.807, 2.05) is 0 Å². The molecule has 1 aromatic rings. The van der Waals surface area contributed by atoms with Crippen molar-refractivity contribution in [1.29, 1.82) is 0 Å². The van der Waals surface area contributed by atoms with E-state index < -0.39 is 12.5 Å². The lowest BCUT2D eigenvalue weighted by Crippen LogP contribution is -2.09. The van der Waals surface area contributed by atoms with Crippen molar-refractivity contribution < 1.29 is 23.6 Å². The molecular formula is C9H12NO6P. The van der Waals surface area contributed by atoms with Crippen LogP contribution in [0.15, 0.2) is 18.2 Å². The number of nitrogens with zero attached hydrogens (tertiary/aromatic N) is 1. The highest BCUT2D eigenvalue weighted by Crippen LogP contribution is 2.42. The predicted octanol–water partition coefficient (Wildman–Crippen LogP) is 1.45. The van der Waals surface area contributed by atoms with Gasteiger partial charge < -0.3 is 14.2 Å². The van der Waals surface area contributed by atoms with Crippen LogP contribution in [0.4, 0.5) is 5.69 Å². The highest BCUT2D eigenvalue weighted by atomic mass is 31.2. The van der Waals surface area contributed by atoms with Crippen LogP contribution in [0.2, 0.25) is 0 Å². The Balaban J connectivity index is 3.25. The molecule has 1 unspecified atom stereocenters. The first kappa shape index (κ1) is 13.6. The molecule has 8 heteroatoms. The van der Waals surface area contributed by atoms with Crippen molar-refractivity contribution in [2.75, 3.05) is 13.7 Å². The first-order valence-electron chi connectivity index (χ1n) is 4.72. The third-order valence-corrected chi connectivity index (χ3v) is 3.53. The van der Waals surface area contributed by atoms with E-state index in [1.54, 1.807) is 6.92 Å². The molecule has 0 spiro atoms. The highest BCUT2D eigenvalue weighted by Gasteiger charge is 2.26. The number of ether oxygens (including phenoxy) is 1. The van der Waals surface area contributed by atoms with Gasteiger partial charge in [-0.1, -0.05) is 0 Å². The number of nitro benzene ring substituents is 1. The molecule has 0 saturated heterocycles. The Hall–Kier alpha value is -1.43. The average molecular weight is 261 g/mol. The van der Waals surface area contributed by atoms with Crippen LogP contribution in [0.3, 0.4) is 0 Å². The Labute approximate surface area is 97.7 Å². The minimum absolute atomic E-state index is 0.0234. The smallest absolute Gasteiger partial charge is 0.359 e. The second-order valence-electron chi connectivity index (χ2n) is 3.05. The number of methoxy groups -OCH3 is 1. The third-order valence-electron chi connectivity index (χ3n) is 1.99. The van der Waals surface area contributed by atoms with Crippen LogP contribution in [-0.2, 0) is 9.09 Å². The molecule has 1 atom stereocenters. The van der Waals surface area contributed by atoms with E-state index in [-0.39, 0.29) is 23.3 Å². The summed E-state index contributed by atoms with van der Waals surface area (Å²) in [6.07, 6.45) is 0. The Bertz CT molecular complexity index is 475. The fourth-order valence-electron chi connectivity index (χ4n) is 1.25. The van der Waals surface area contributed by atoms with Crippen molar-refractivity contribution in [2.24, 2.45) is 0 Å². The van der Waals surface area contributed by atoms with Crippen LogP contribution in [0.1, 0.15) is 6.92 Å². The summed E-state index contributed by atoms with van der Waals surface area (Å²) < 4.78 is 21.1. The molecule has 1 N–H and O–H groups in total. The summed E-state index contributed by atoms with van der Waals surface area (Å²) in [5, 5.41) is 10.6. The standard InChI is InChI=1S/C9H12NO6P/c1-3-16-17(13,14)7-4-5-9(15-2)8(6-7)10(11)12/h4-6H,3H2,1-2H3,(H,13,14). The summed E-state index contributed by atoms with van der Waals surface area (Å²) in [4.78, 5) is 19.6. The van der Waals surface area contributed by atoms with E-state index in [4.69, 9.17) is 4.74 Å². The molecule has 0 amide bonds. The van der Waals surface area contributed by atoms with Gasteiger partial charge in [-0.15, -0.1) is 0 Å². The van der Waals surface area contributed by atoms with Crippen LogP contribution in [0.25, 0.3) is 0 Å². The van der Waals surface area contributed by atoms with Gasteiger partial charge in [-0.2, -0.15) is 0 Å². The van der Waals surface area contributed by atoms with Gasteiger partial charge in [-0.25, -0.2) is 0 Å². The Kier molecular flexibility index (Phi) is 4.22. The van der Waals surface area contributed by atoms with Crippen LogP contribution in [-0.4, -0.2) is 23.5 Å². The number of rotatable bonds is 5. The summed E-state index contributed by atoms with van der Waals surface area (Å²) in [7, 11) is -2.72. The molecular weight excluding hydrogens is 249 g/mol. The molecule has 0 saturated carbocycles. The average Bonchev–Trinajstić information content (AvgIpc) is 2.28. The summed E-state index contributed by atoms with van der Waals surface area (Å²) in [6, 6.07) is 3.51. The van der Waals surface area contributed by atoms with Crippen LogP contribution in [0.5, 0.6) is 5.75 Å². The van der Waals surface area contributed by atoms with E-state index in [0.717, 1.165) is 6.07 Å². The Morgan fingerprint density at radius 1 is 1.53 bits per heavy atom. The molecule has 1 rings (SSSR count). The van der Waals surface area contributed by atoms with Crippen molar-refractivity contribution in [2.45, 2.75) is 6.92 Å². The maximum atomic E-state index is 11.7. The minimum atomic E-state index is -4.00. The summed E-state index contributed by atoms with van der Waals surface area (Å²) in [5.74, 6) is 0.0234. The third kappa shape index (κ3) is 3.03. The second-order valence-corrected chi connectivity index (χ2v) is 4.87. The summed E-state index contributed by atoms with van der Waals surface area (Å²) >= 11 is 0. The lowest BCUT2D eigenvalue weighted by Gasteiger charge is -2.11. The van der Waals surface area contributed by atoms with Crippen LogP contribution >= 0.6 is 7.60 Å². The van der Waals surface area contributed by atoms with Gasteiger partial charge in [0.2, 0.25) is 0 Å². The van der Waals surface area contributed by atoms with Crippen molar-refractivity contribution in [1.82, 2.24) is 0 Å². The van der Waals surface area contributed by atoms with E-state index in [0.29, 0.717) is 0 Å². The lowest BCUT2D eigenvalue weighted by molar-refractivity contribution is -0.385. The number of benzene rings is 1. The zero-order valence-electron chi connectivity index (χ0n) is 9.32. The topological polar surface area (TPSA) is 98.9 Å². The van der Waals surface area contributed by atoms with Gasteiger partial charge in [-0.05, 0) is 19.1 Å². The lowest BCUT2D eigenvalue weighted by atomic mass is 10.3. The van der Waals surface area contributed by atoms with Crippen molar-refractivity contribution >= 4 is 18.6 Å². The van der Waals surface area contributed by atoms with Crippen LogP contribution < -0.4 is 10.0 Å². The van der Waals surface area contributed by atoms with Crippen LogP contribution in [0, 0.1) is 10.1 Å².